The van der Waals surface area contributed by atoms with Gasteiger partial charge >= 0.3 is 15.6 Å². The van der Waals surface area contributed by atoms with Crippen molar-refractivity contribution in [3.63, 3.8) is 0 Å². The van der Waals surface area contributed by atoms with E-state index in [1.165, 1.54) is 28.5 Å². The zero-order valence-corrected chi connectivity index (χ0v) is 25.5. The predicted molar refractivity (Wildman–Crippen MR) is 148 cm³/mol. The van der Waals surface area contributed by atoms with E-state index in [9.17, 15) is 33.9 Å². The molecule has 3 aliphatic rings. The summed E-state index contributed by atoms with van der Waals surface area (Å²) in [5.41, 5.74) is -0.190. The van der Waals surface area contributed by atoms with Gasteiger partial charge in [0.1, 0.15) is 54.9 Å². The number of hydrogen-bond acceptors (Lipinski definition) is 17. The third-order valence-electron chi connectivity index (χ3n) is 7.65. The van der Waals surface area contributed by atoms with Crippen molar-refractivity contribution in [2.45, 2.75) is 55.9 Å². The van der Waals surface area contributed by atoms with E-state index in [1.807, 2.05) is 0 Å². The van der Waals surface area contributed by atoms with Crippen molar-refractivity contribution in [1.82, 2.24) is 39.1 Å². The maximum atomic E-state index is 13.2. The van der Waals surface area contributed by atoms with Crippen molar-refractivity contribution in [3.8, 4) is 0 Å². The minimum atomic E-state index is -5.08. The molecule has 2 bridgehead atoms. The Labute approximate surface area is 256 Å². The number of anilines is 1. The van der Waals surface area contributed by atoms with E-state index in [0.29, 0.717) is 5.95 Å². The van der Waals surface area contributed by atoms with Gasteiger partial charge in [-0.05, 0) is 6.92 Å². The largest absolute Gasteiger partial charge is 0.472 e. The van der Waals surface area contributed by atoms with Gasteiger partial charge in [-0.3, -0.25) is 27.5 Å². The molecule has 46 heavy (non-hydrogen) atoms. The zero-order valence-electron chi connectivity index (χ0n) is 23.8. The Morgan fingerprint density at radius 1 is 0.978 bits per heavy atom. The van der Waals surface area contributed by atoms with Crippen LogP contribution in [0.2, 0.25) is 0 Å². The van der Waals surface area contributed by atoms with Gasteiger partial charge in [-0.15, -0.1) is 0 Å². The molecule has 10 unspecified atom stereocenters. The van der Waals surface area contributed by atoms with Crippen LogP contribution in [0.15, 0.2) is 23.6 Å². The van der Waals surface area contributed by atoms with E-state index < -0.39 is 83.4 Å². The van der Waals surface area contributed by atoms with Crippen LogP contribution in [-0.2, 0) is 36.7 Å². The summed E-state index contributed by atoms with van der Waals surface area (Å²) in [6.07, 6.45) is -8.52. The fourth-order valence-electron chi connectivity index (χ4n) is 5.58. The van der Waals surface area contributed by atoms with Crippen molar-refractivity contribution in [2.24, 2.45) is 0 Å². The van der Waals surface area contributed by atoms with Gasteiger partial charge in [-0.1, -0.05) is 0 Å². The number of aromatic amines is 1. The Morgan fingerprint density at radius 3 is 2.43 bits per heavy atom. The summed E-state index contributed by atoms with van der Waals surface area (Å²) in [6, 6.07) is 0. The van der Waals surface area contributed by atoms with Crippen molar-refractivity contribution in [3.05, 3.63) is 40.6 Å². The highest BCUT2D eigenvalue weighted by molar-refractivity contribution is 7.47. The highest BCUT2D eigenvalue weighted by Gasteiger charge is 2.54. The topological polar surface area (TPSA) is 289 Å². The van der Waals surface area contributed by atoms with Gasteiger partial charge in [0.05, 0.1) is 25.7 Å². The van der Waals surface area contributed by atoms with Crippen LogP contribution in [0.4, 0.5) is 5.95 Å². The molecule has 0 spiro atoms. The minimum Gasteiger partial charge on any atom is -0.387 e. The van der Waals surface area contributed by atoms with Gasteiger partial charge in [0.2, 0.25) is 5.95 Å². The molecule has 10 atom stereocenters. The van der Waals surface area contributed by atoms with E-state index in [2.05, 4.69) is 35.3 Å². The molecule has 0 amide bonds. The van der Waals surface area contributed by atoms with E-state index >= 15 is 0 Å². The first-order valence-electron chi connectivity index (χ1n) is 13.6. The molecule has 0 aliphatic carbocycles. The van der Waals surface area contributed by atoms with E-state index in [1.54, 1.807) is 7.05 Å². The molecule has 7 heterocycles. The van der Waals surface area contributed by atoms with Crippen molar-refractivity contribution < 1.29 is 56.7 Å². The smallest absolute Gasteiger partial charge is 0.387 e. The van der Waals surface area contributed by atoms with Crippen molar-refractivity contribution >= 4 is 38.4 Å². The van der Waals surface area contributed by atoms with Crippen molar-refractivity contribution in [2.75, 3.05) is 25.6 Å². The van der Waals surface area contributed by atoms with Gasteiger partial charge in [0.25, 0.3) is 5.56 Å². The Hall–Kier alpha value is -3.24. The van der Waals surface area contributed by atoms with Gasteiger partial charge in [-0.25, -0.2) is 29.1 Å². The summed E-state index contributed by atoms with van der Waals surface area (Å²) < 4.78 is 61.7. The van der Waals surface area contributed by atoms with Crippen LogP contribution in [-0.4, -0.2) is 116 Å². The first kappa shape index (κ1) is 31.4. The normalized spacial score (nSPS) is 37.1. The SMILES string of the molecule is CNc1ncnc2c(C3OC4COP(=O)(O)OC5C(O)C(COP(=O)(O)OC4C3O)OC5n3cnc4c(=O)[nH]c(C)nc43)cnn12. The van der Waals surface area contributed by atoms with Gasteiger partial charge in [0.15, 0.2) is 23.0 Å². The molecule has 4 aromatic heterocycles. The summed E-state index contributed by atoms with van der Waals surface area (Å²) in [6.45, 7) is -0.0655. The summed E-state index contributed by atoms with van der Waals surface area (Å²) in [4.78, 5) is 52.7. The maximum Gasteiger partial charge on any atom is 0.472 e. The number of fused-ring (bicyclic) bond motifs is 5. The lowest BCUT2D eigenvalue weighted by molar-refractivity contribution is -0.0636. The number of rotatable bonds is 3. The summed E-state index contributed by atoms with van der Waals surface area (Å²) in [5, 5.41) is 29.3. The second-order valence-corrected chi connectivity index (χ2v) is 13.4. The molecule has 7 rings (SSSR count). The molecule has 3 fully saturated rings. The second kappa shape index (κ2) is 11.5. The number of H-pyrrole nitrogens is 1. The fraction of sp³-hybridized carbons (Fsp3) is 0.545. The summed E-state index contributed by atoms with van der Waals surface area (Å²) in [5.74, 6) is 0.536. The van der Waals surface area contributed by atoms with Crippen molar-refractivity contribution in [1.29, 1.82) is 0 Å². The molecule has 3 saturated heterocycles. The molecular formula is C22H27N9O13P2. The lowest BCUT2D eigenvalue weighted by Gasteiger charge is -2.26. The van der Waals surface area contributed by atoms with E-state index in [-0.39, 0.29) is 28.2 Å². The first-order valence-corrected chi connectivity index (χ1v) is 16.6. The number of nitrogens with zero attached hydrogens (tertiary/aromatic N) is 7. The quantitative estimate of drug-likeness (QED) is 0.136. The minimum absolute atomic E-state index is 0.00149. The molecule has 6 N–H and O–H groups in total. The number of nitrogens with one attached hydrogen (secondary N) is 2. The fourth-order valence-corrected chi connectivity index (χ4v) is 7.48. The van der Waals surface area contributed by atoms with Crippen LogP contribution in [0.5, 0.6) is 0 Å². The molecule has 0 radical (unpaired) electrons. The van der Waals surface area contributed by atoms with Crippen LogP contribution in [0.25, 0.3) is 16.8 Å². The highest BCUT2D eigenvalue weighted by Crippen LogP contribution is 2.54. The first-order chi connectivity index (χ1) is 21.9. The monoisotopic (exact) mass is 687 g/mol. The van der Waals surface area contributed by atoms with Crippen LogP contribution in [0.1, 0.15) is 23.7 Å². The van der Waals surface area contributed by atoms with E-state index in [4.69, 9.17) is 27.6 Å². The molecule has 248 valence electrons. The third kappa shape index (κ3) is 5.45. The highest BCUT2D eigenvalue weighted by atomic mass is 31.2. The number of aryl methyl sites for hydroxylation is 1. The zero-order chi connectivity index (χ0) is 32.5. The van der Waals surface area contributed by atoms with Crippen LogP contribution in [0.3, 0.4) is 0 Å². The summed E-state index contributed by atoms with van der Waals surface area (Å²) >= 11 is 0. The van der Waals surface area contributed by atoms with Gasteiger partial charge < -0.3 is 39.8 Å². The lowest BCUT2D eigenvalue weighted by atomic mass is 10.0. The van der Waals surface area contributed by atoms with Crippen LogP contribution >= 0.6 is 15.6 Å². The average molecular weight is 687 g/mol. The molecule has 0 saturated carbocycles. The number of hydrogen-bond donors (Lipinski definition) is 6. The number of phosphoric ester groups is 2. The Balaban J connectivity index is 1.20. The van der Waals surface area contributed by atoms with Gasteiger partial charge in [-0.2, -0.15) is 9.61 Å². The number of aliphatic hydroxyl groups excluding tert-OH is 2. The number of phosphoric acid groups is 2. The van der Waals surface area contributed by atoms with Crippen LogP contribution < -0.4 is 10.9 Å². The molecular weight excluding hydrogens is 660 g/mol. The van der Waals surface area contributed by atoms with E-state index in [0.717, 1.165) is 6.33 Å². The lowest BCUT2D eigenvalue weighted by Crippen LogP contribution is -2.35. The molecule has 22 nitrogen and oxygen atoms in total. The number of ether oxygens (including phenoxy) is 2. The maximum absolute atomic E-state index is 13.2. The number of aromatic nitrogens is 8. The van der Waals surface area contributed by atoms with Gasteiger partial charge in [0, 0.05) is 12.6 Å². The third-order valence-corrected chi connectivity index (χ3v) is 9.62. The molecule has 24 heteroatoms. The average Bonchev–Trinajstić information content (AvgIpc) is 3.76. The summed E-state index contributed by atoms with van der Waals surface area (Å²) in [7, 11) is -8.51. The van der Waals surface area contributed by atoms with Crippen LogP contribution in [0, 0.1) is 6.92 Å². The molecule has 4 aromatic rings. The standard InChI is InChI=1S/C22H27N9O13P2/c1-8-28-19-12(20(34)29-8)26-7-30(19)21-17-13(32)10(42-21)4-39-45(35,36)43-16-11(5-40-46(37,38)44-17)41-15(14(16)33)9-3-27-31-18(9)24-6-25-22(31)23-2/h3,6-7,10-11,13-17,21,32-33H,4-5H2,1-2H3,(H,35,36)(H,37,38)(H,23,24,25)(H,28,29,34). The number of aliphatic hydroxyl groups is 2. The Bertz CT molecular complexity index is 1950. The Morgan fingerprint density at radius 2 is 1.70 bits per heavy atom. The number of imidazole rings is 1. The second-order valence-electron chi connectivity index (χ2n) is 10.6. The predicted octanol–water partition coefficient (Wildman–Crippen LogP) is -1.32. The Kier molecular flexibility index (Phi) is 7.82. The molecule has 0 aromatic carbocycles. The molecule has 3 aliphatic heterocycles.